The topological polar surface area (TPSA) is 68.0 Å². The van der Waals surface area contributed by atoms with Crippen molar-refractivity contribution in [3.8, 4) is 11.5 Å². The molecule has 3 N–H and O–H groups in total. The monoisotopic (exact) mass is 356 g/mol. The Bertz CT molecular complexity index is 761. The Morgan fingerprint density at radius 1 is 1.19 bits per heavy atom. The highest BCUT2D eigenvalue weighted by Crippen LogP contribution is 2.39. The summed E-state index contributed by atoms with van der Waals surface area (Å²) in [5.41, 5.74) is 10.6. The first kappa shape index (κ1) is 18.5. The molecule has 5 nitrogen and oxygen atoms in total. The first-order valence-corrected chi connectivity index (χ1v) is 9.12. The Morgan fingerprint density at radius 3 is 2.65 bits per heavy atom. The van der Waals surface area contributed by atoms with Crippen LogP contribution in [-0.2, 0) is 13.1 Å². The summed E-state index contributed by atoms with van der Waals surface area (Å²) in [6.45, 7) is 5.98. The molecule has 140 valence electrons. The number of nitrogen functional groups attached to an aromatic ring is 1. The van der Waals surface area contributed by atoms with Gasteiger partial charge in [-0.25, -0.2) is 0 Å². The number of nitrogens with zero attached hydrogens (tertiary/aromatic N) is 1. The van der Waals surface area contributed by atoms with Gasteiger partial charge in [0.05, 0.1) is 19.8 Å². The van der Waals surface area contributed by atoms with E-state index in [1.165, 1.54) is 11.1 Å². The van der Waals surface area contributed by atoms with E-state index in [9.17, 15) is 5.11 Å². The molecule has 0 fully saturated rings. The number of hydrogen-bond donors (Lipinski definition) is 2. The largest absolute Gasteiger partial charge is 0.493 e. The second kappa shape index (κ2) is 7.98. The van der Waals surface area contributed by atoms with Crippen LogP contribution < -0.4 is 15.2 Å². The van der Waals surface area contributed by atoms with E-state index < -0.39 is 6.10 Å². The van der Waals surface area contributed by atoms with E-state index in [0.717, 1.165) is 35.8 Å². The Balaban J connectivity index is 1.92. The Hall–Kier alpha value is -2.24. The minimum Gasteiger partial charge on any atom is -0.493 e. The van der Waals surface area contributed by atoms with Crippen molar-refractivity contribution in [3.05, 3.63) is 53.1 Å². The maximum atomic E-state index is 10.1. The number of hydrogen-bond acceptors (Lipinski definition) is 5. The molecule has 0 saturated carbocycles. The van der Waals surface area contributed by atoms with Gasteiger partial charge in [0.15, 0.2) is 11.5 Å². The molecular formula is C21H28N2O3. The van der Waals surface area contributed by atoms with E-state index in [-0.39, 0.29) is 6.04 Å². The standard InChI is InChI=1S/C21H28N2O3/c1-4-26-21-11-15(8-9-20(21)25-3)19(10-14(2)24)23-12-16-6-5-7-18(22)17(16)13-23/h5-9,11,14,19,24H,4,10,12-13,22H2,1-3H3/t14?,19-/m1/s1. The third kappa shape index (κ3) is 3.79. The van der Waals surface area contributed by atoms with Crippen molar-refractivity contribution >= 4 is 5.69 Å². The zero-order chi connectivity index (χ0) is 18.7. The molecule has 0 radical (unpaired) electrons. The molecule has 2 aromatic rings. The van der Waals surface area contributed by atoms with Crippen LogP contribution in [0.25, 0.3) is 0 Å². The molecule has 5 heteroatoms. The maximum Gasteiger partial charge on any atom is 0.161 e. The van der Waals surface area contributed by atoms with Crippen LogP contribution in [0, 0.1) is 0 Å². The summed E-state index contributed by atoms with van der Waals surface area (Å²) in [6.07, 6.45) is 0.241. The highest BCUT2D eigenvalue weighted by atomic mass is 16.5. The second-order valence-electron chi connectivity index (χ2n) is 6.83. The van der Waals surface area contributed by atoms with Crippen molar-refractivity contribution in [2.75, 3.05) is 19.5 Å². The summed E-state index contributed by atoms with van der Waals surface area (Å²) in [6, 6.07) is 12.2. The minimum absolute atomic E-state index is 0.0758. The molecule has 2 atom stereocenters. The lowest BCUT2D eigenvalue weighted by Gasteiger charge is -2.29. The van der Waals surface area contributed by atoms with Gasteiger partial charge in [-0.2, -0.15) is 0 Å². The summed E-state index contributed by atoms with van der Waals surface area (Å²) in [4.78, 5) is 2.37. The van der Waals surface area contributed by atoms with E-state index in [1.807, 2.05) is 38.1 Å². The molecule has 0 amide bonds. The summed E-state index contributed by atoms with van der Waals surface area (Å²) in [7, 11) is 1.64. The van der Waals surface area contributed by atoms with E-state index in [2.05, 4.69) is 17.0 Å². The van der Waals surface area contributed by atoms with Crippen LogP contribution in [0.15, 0.2) is 36.4 Å². The van der Waals surface area contributed by atoms with Gasteiger partial charge in [0.2, 0.25) is 0 Å². The predicted molar refractivity (Wildman–Crippen MR) is 103 cm³/mol. The van der Waals surface area contributed by atoms with Gasteiger partial charge in [0.1, 0.15) is 0 Å². The van der Waals surface area contributed by atoms with E-state index >= 15 is 0 Å². The molecule has 0 saturated heterocycles. The van der Waals surface area contributed by atoms with Crippen molar-refractivity contribution in [1.29, 1.82) is 0 Å². The Labute approximate surface area is 155 Å². The highest BCUT2D eigenvalue weighted by Gasteiger charge is 2.29. The quantitative estimate of drug-likeness (QED) is 0.743. The van der Waals surface area contributed by atoms with Crippen LogP contribution in [0.3, 0.4) is 0 Å². The van der Waals surface area contributed by atoms with Crippen LogP contribution in [0.2, 0.25) is 0 Å². The molecular weight excluding hydrogens is 328 g/mol. The lowest BCUT2D eigenvalue weighted by Crippen LogP contribution is -2.26. The molecule has 1 aliphatic heterocycles. The third-order valence-corrected chi connectivity index (χ3v) is 4.92. The number of benzene rings is 2. The van der Waals surface area contributed by atoms with Gasteiger partial charge in [0.25, 0.3) is 0 Å². The molecule has 26 heavy (non-hydrogen) atoms. The fourth-order valence-electron chi connectivity index (χ4n) is 3.68. The lowest BCUT2D eigenvalue weighted by atomic mass is 9.99. The van der Waals surface area contributed by atoms with Crippen LogP contribution >= 0.6 is 0 Å². The van der Waals surface area contributed by atoms with Crippen molar-refractivity contribution in [1.82, 2.24) is 4.90 Å². The fourth-order valence-corrected chi connectivity index (χ4v) is 3.68. The van der Waals surface area contributed by atoms with Gasteiger partial charge in [0, 0.05) is 24.8 Å². The summed E-state index contributed by atoms with van der Waals surface area (Å²) < 4.78 is 11.1. The first-order valence-electron chi connectivity index (χ1n) is 9.12. The summed E-state index contributed by atoms with van der Waals surface area (Å²) in [5, 5.41) is 10.1. The lowest BCUT2D eigenvalue weighted by molar-refractivity contribution is 0.110. The van der Waals surface area contributed by atoms with Crippen LogP contribution in [-0.4, -0.2) is 29.8 Å². The van der Waals surface area contributed by atoms with E-state index in [1.54, 1.807) is 7.11 Å². The number of ether oxygens (including phenoxy) is 2. The molecule has 0 bridgehead atoms. The number of methoxy groups -OCH3 is 1. The number of aliphatic hydroxyl groups is 1. The van der Waals surface area contributed by atoms with Crippen molar-refractivity contribution in [2.24, 2.45) is 0 Å². The van der Waals surface area contributed by atoms with Gasteiger partial charge < -0.3 is 20.3 Å². The van der Waals surface area contributed by atoms with Crippen molar-refractivity contribution in [3.63, 3.8) is 0 Å². The van der Waals surface area contributed by atoms with Crippen LogP contribution in [0.1, 0.15) is 43.0 Å². The number of anilines is 1. The fraction of sp³-hybridized carbons (Fsp3) is 0.429. The smallest absolute Gasteiger partial charge is 0.161 e. The van der Waals surface area contributed by atoms with Crippen LogP contribution in [0.5, 0.6) is 11.5 Å². The summed E-state index contributed by atoms with van der Waals surface area (Å²) in [5.74, 6) is 1.46. The normalized spacial score (nSPS) is 16.2. The number of nitrogens with two attached hydrogens (primary N) is 1. The molecule has 1 aliphatic rings. The zero-order valence-corrected chi connectivity index (χ0v) is 15.7. The minimum atomic E-state index is -0.404. The van der Waals surface area contributed by atoms with Gasteiger partial charge in [-0.05, 0) is 55.2 Å². The molecule has 1 heterocycles. The van der Waals surface area contributed by atoms with E-state index in [4.69, 9.17) is 15.2 Å². The molecule has 2 aromatic carbocycles. The SMILES string of the molecule is CCOc1cc([C@@H](CC(C)O)N2Cc3cccc(N)c3C2)ccc1OC. The van der Waals surface area contributed by atoms with Crippen molar-refractivity contribution in [2.45, 2.75) is 45.5 Å². The third-order valence-electron chi connectivity index (χ3n) is 4.92. The van der Waals surface area contributed by atoms with Gasteiger partial charge in [-0.15, -0.1) is 0 Å². The van der Waals surface area contributed by atoms with Gasteiger partial charge >= 0.3 is 0 Å². The molecule has 1 unspecified atom stereocenters. The van der Waals surface area contributed by atoms with Crippen molar-refractivity contribution < 1.29 is 14.6 Å². The maximum absolute atomic E-state index is 10.1. The Kier molecular flexibility index (Phi) is 5.69. The first-order chi connectivity index (χ1) is 12.5. The molecule has 3 rings (SSSR count). The number of rotatable bonds is 7. The second-order valence-corrected chi connectivity index (χ2v) is 6.83. The predicted octanol–water partition coefficient (Wildman–Crippen LogP) is 3.50. The van der Waals surface area contributed by atoms with Gasteiger partial charge in [-0.1, -0.05) is 18.2 Å². The number of fused-ring (bicyclic) bond motifs is 1. The Morgan fingerprint density at radius 2 is 2.00 bits per heavy atom. The number of aliphatic hydroxyl groups excluding tert-OH is 1. The molecule has 0 aromatic heterocycles. The average molecular weight is 356 g/mol. The average Bonchev–Trinajstić information content (AvgIpc) is 3.05. The summed E-state index contributed by atoms with van der Waals surface area (Å²) >= 11 is 0. The van der Waals surface area contributed by atoms with Crippen LogP contribution in [0.4, 0.5) is 5.69 Å². The zero-order valence-electron chi connectivity index (χ0n) is 15.7. The highest BCUT2D eigenvalue weighted by molar-refractivity contribution is 5.53. The van der Waals surface area contributed by atoms with E-state index in [0.29, 0.717) is 13.0 Å². The van der Waals surface area contributed by atoms with Gasteiger partial charge in [-0.3, -0.25) is 4.90 Å². The molecule has 0 spiro atoms. The molecule has 0 aliphatic carbocycles.